The topological polar surface area (TPSA) is 120 Å². The van der Waals surface area contributed by atoms with Crippen molar-refractivity contribution >= 4 is 17.4 Å². The van der Waals surface area contributed by atoms with Gasteiger partial charge in [-0.05, 0) is 27.7 Å². The summed E-state index contributed by atoms with van der Waals surface area (Å²) >= 11 is 0. The van der Waals surface area contributed by atoms with Crippen molar-refractivity contribution in [2.24, 2.45) is 0 Å². The van der Waals surface area contributed by atoms with Crippen molar-refractivity contribution < 1.29 is 26.4 Å². The number of quaternary nitrogens is 1. The van der Waals surface area contributed by atoms with E-state index in [-0.39, 0.29) is 39.3 Å². The third kappa shape index (κ3) is 10.4. The van der Waals surface area contributed by atoms with E-state index in [9.17, 15) is 0 Å². The maximum Gasteiger partial charge on any atom is 3.00 e. The van der Waals surface area contributed by atoms with Crippen molar-refractivity contribution in [1.82, 2.24) is 0 Å². The summed E-state index contributed by atoms with van der Waals surface area (Å²) in [5.41, 5.74) is 0. The molecule has 0 spiro atoms. The molecule has 0 bridgehead atoms. The van der Waals surface area contributed by atoms with Gasteiger partial charge in [-0.1, -0.05) is 0 Å². The average molecular weight is 225 g/mol. The van der Waals surface area contributed by atoms with Gasteiger partial charge >= 0.3 is 17.4 Å². The minimum Gasteiger partial charge on any atom is -0.870 e. The van der Waals surface area contributed by atoms with Crippen molar-refractivity contribution in [3.63, 3.8) is 0 Å². The van der Waals surface area contributed by atoms with Crippen LogP contribution in [-0.2, 0) is 0 Å². The molecule has 0 saturated carbocycles. The van der Waals surface area contributed by atoms with Crippen LogP contribution in [0.3, 0.4) is 0 Å². The normalized spacial score (nSPS) is 7.71. The van der Waals surface area contributed by atoms with Crippen LogP contribution in [-0.4, -0.2) is 69.9 Å². The quantitative estimate of drug-likeness (QED) is 0.518. The molecule has 0 aromatic rings. The van der Waals surface area contributed by atoms with E-state index in [1.807, 2.05) is 0 Å². The molecule has 0 unspecified atom stereocenters. The van der Waals surface area contributed by atoms with Gasteiger partial charge in [0.15, 0.2) is 0 Å². The Hall–Kier alpha value is 0.332. The summed E-state index contributed by atoms with van der Waals surface area (Å²) in [6.07, 6.45) is 0. The molecule has 0 aromatic heterocycles. The van der Waals surface area contributed by atoms with E-state index in [1.54, 1.807) is 0 Å². The van der Waals surface area contributed by atoms with Crippen LogP contribution in [0.1, 0.15) is 27.7 Å². The Kier molecular flexibility index (Phi) is 49.8. The number of rotatable bonds is 4. The molecule has 0 fully saturated rings. The van der Waals surface area contributed by atoms with Gasteiger partial charge in [0, 0.05) is 0 Å². The molecule has 4 N–H and O–H groups in total. The van der Waals surface area contributed by atoms with Gasteiger partial charge in [-0.25, -0.2) is 0 Å². The van der Waals surface area contributed by atoms with Crippen molar-refractivity contribution in [3.8, 4) is 0 Å². The molecule has 0 aliphatic carbocycles. The summed E-state index contributed by atoms with van der Waals surface area (Å²) in [6, 6.07) is 0. The predicted molar refractivity (Wildman–Crippen MR) is 55.9 cm³/mol. The first-order chi connectivity index (χ1) is 4.24. The van der Waals surface area contributed by atoms with E-state index in [2.05, 4.69) is 27.7 Å². The van der Waals surface area contributed by atoms with E-state index < -0.39 is 0 Å². The molecule has 0 radical (unpaired) electrons. The molecule has 88 valence electrons. The molecule has 0 rings (SSSR count). The van der Waals surface area contributed by atoms with Gasteiger partial charge in [0.05, 0.1) is 26.2 Å². The average Bonchev–Trinajstić information content (AvgIpc) is 1.95. The second-order valence-electron chi connectivity index (χ2n) is 2.61. The molecule has 5 nitrogen and oxygen atoms in total. The van der Waals surface area contributed by atoms with E-state index >= 15 is 0 Å². The first kappa shape index (κ1) is 36.7. The fourth-order valence-corrected chi connectivity index (χ4v) is 1.34. The van der Waals surface area contributed by atoms with E-state index in [0.717, 1.165) is 0 Å². The first-order valence-corrected chi connectivity index (χ1v) is 4.09. The maximum absolute atomic E-state index is 2.27. The smallest absolute Gasteiger partial charge is 0.870 e. The van der Waals surface area contributed by atoms with Crippen molar-refractivity contribution in [3.05, 3.63) is 0 Å². The van der Waals surface area contributed by atoms with E-state index in [0.29, 0.717) is 0 Å². The molecule has 0 amide bonds. The predicted octanol–water partition coefficient (Wildman–Crippen LogP) is 0.795. The van der Waals surface area contributed by atoms with Gasteiger partial charge in [-0.3, -0.25) is 0 Å². The number of hydrogen-bond acceptors (Lipinski definition) is 4. The summed E-state index contributed by atoms with van der Waals surface area (Å²) in [6.45, 7) is 14.2. The second kappa shape index (κ2) is 19.0. The fraction of sp³-hybridized carbons (Fsp3) is 1.00. The molecule has 0 heterocycles. The Balaban J connectivity index is -0.0000000320. The van der Waals surface area contributed by atoms with Gasteiger partial charge in [0.2, 0.25) is 0 Å². The zero-order valence-corrected chi connectivity index (χ0v) is 10.8. The van der Waals surface area contributed by atoms with Crippen molar-refractivity contribution in [2.45, 2.75) is 27.7 Å². The molecule has 0 aromatic carbocycles. The largest absolute Gasteiger partial charge is 3.00 e. The van der Waals surface area contributed by atoms with Crippen molar-refractivity contribution in [1.29, 1.82) is 0 Å². The Morgan fingerprint density at radius 2 is 0.714 bits per heavy atom. The summed E-state index contributed by atoms with van der Waals surface area (Å²) in [5, 5.41) is 0. The van der Waals surface area contributed by atoms with Crippen LogP contribution in [0.5, 0.6) is 0 Å². The number of nitrogens with zero attached hydrogens (tertiary/aromatic N) is 1. The van der Waals surface area contributed by atoms with Crippen LogP contribution < -0.4 is 0 Å². The summed E-state index contributed by atoms with van der Waals surface area (Å²) in [7, 11) is 0. The van der Waals surface area contributed by atoms with E-state index in [4.69, 9.17) is 0 Å². The van der Waals surface area contributed by atoms with Gasteiger partial charge in [0.25, 0.3) is 0 Å². The van der Waals surface area contributed by atoms with Crippen LogP contribution in [0, 0.1) is 0 Å². The minimum atomic E-state index is 0. The molecule has 0 saturated heterocycles. The monoisotopic (exact) mass is 225 g/mol. The van der Waals surface area contributed by atoms with Gasteiger partial charge < -0.3 is 26.4 Å². The second-order valence-corrected chi connectivity index (χ2v) is 2.61. The molecule has 0 atom stereocenters. The third-order valence-electron chi connectivity index (χ3n) is 2.68. The van der Waals surface area contributed by atoms with Gasteiger partial charge in [-0.2, -0.15) is 0 Å². The number of hydrogen-bond donors (Lipinski definition) is 0. The SMILES string of the molecule is CC[N+](CC)(CC)CC.[Al+3].[OH-].[OH-].[OH-].[OH-]. The first-order valence-electron chi connectivity index (χ1n) is 4.09. The molecule has 0 aliphatic heterocycles. The van der Waals surface area contributed by atoms with Gasteiger partial charge in [0.1, 0.15) is 0 Å². The molecule has 14 heavy (non-hydrogen) atoms. The standard InChI is InChI=1S/C8H20N.Al.4H2O/c1-5-9(6-2,7-3)8-4;;;;;/h5-8H2,1-4H3;;4*1H2/q+1;+3;;;;/p-4. The zero-order chi connectivity index (χ0) is 7.33. The molecular weight excluding hydrogens is 201 g/mol. The van der Waals surface area contributed by atoms with Crippen molar-refractivity contribution in [2.75, 3.05) is 26.2 Å². The van der Waals surface area contributed by atoms with Crippen LogP contribution >= 0.6 is 0 Å². The Morgan fingerprint density at radius 3 is 0.714 bits per heavy atom. The zero-order valence-electron chi connectivity index (χ0n) is 9.64. The fourth-order valence-electron chi connectivity index (χ4n) is 1.34. The molecule has 0 aliphatic rings. The molecular formula is C8H24AlNO4. The summed E-state index contributed by atoms with van der Waals surface area (Å²) in [4.78, 5) is 0. The van der Waals surface area contributed by atoms with Crippen LogP contribution in [0.15, 0.2) is 0 Å². The van der Waals surface area contributed by atoms with E-state index in [1.165, 1.54) is 30.7 Å². The Labute approximate surface area is 98.1 Å². The Bertz CT molecular complexity index is 64.2. The minimum absolute atomic E-state index is 0. The Morgan fingerprint density at radius 1 is 0.571 bits per heavy atom. The third-order valence-corrected chi connectivity index (χ3v) is 2.68. The van der Waals surface area contributed by atoms with Crippen LogP contribution in [0.25, 0.3) is 0 Å². The van der Waals surface area contributed by atoms with Gasteiger partial charge in [-0.15, -0.1) is 0 Å². The van der Waals surface area contributed by atoms with Crippen LogP contribution in [0.2, 0.25) is 0 Å². The summed E-state index contributed by atoms with van der Waals surface area (Å²) < 4.78 is 1.28. The molecule has 6 heteroatoms. The summed E-state index contributed by atoms with van der Waals surface area (Å²) in [5.74, 6) is 0. The maximum atomic E-state index is 2.27. The van der Waals surface area contributed by atoms with Crippen LogP contribution in [0.4, 0.5) is 0 Å².